The number of hydrogen-bond donors (Lipinski definition) is 2. The quantitative estimate of drug-likeness (QED) is 0.320. The molecule has 0 radical (unpaired) electrons. The van der Waals surface area contributed by atoms with Crippen LogP contribution in [-0.4, -0.2) is 24.5 Å². The summed E-state index contributed by atoms with van der Waals surface area (Å²) >= 11 is 13.7. The van der Waals surface area contributed by atoms with Crippen LogP contribution in [0.25, 0.3) is 0 Å². The van der Waals surface area contributed by atoms with Crippen molar-refractivity contribution in [3.05, 3.63) is 33.8 Å². The van der Waals surface area contributed by atoms with Gasteiger partial charge in [0, 0.05) is 15.8 Å². The molecule has 0 aromatic heterocycles. The first-order valence-corrected chi connectivity index (χ1v) is 7.70. The van der Waals surface area contributed by atoms with Crippen LogP contribution in [0.3, 0.4) is 0 Å². The summed E-state index contributed by atoms with van der Waals surface area (Å²) in [5.74, 6) is 1.39. The third-order valence-electron chi connectivity index (χ3n) is 2.37. The molecule has 0 amide bonds. The molecule has 0 fully saturated rings. The lowest BCUT2D eigenvalue weighted by Crippen LogP contribution is -2.34. The molecule has 19 heavy (non-hydrogen) atoms. The Kier molecular flexibility index (Phi) is 10.0. The van der Waals surface area contributed by atoms with Crippen molar-refractivity contribution < 1.29 is 0 Å². The lowest BCUT2D eigenvalue weighted by Gasteiger charge is -2.16. The molecule has 0 aliphatic heterocycles. The smallest absolute Gasteiger partial charge is 0.189 e. The van der Waals surface area contributed by atoms with Crippen LogP contribution in [0.4, 0.5) is 0 Å². The molecule has 0 aliphatic rings. The van der Waals surface area contributed by atoms with Crippen LogP contribution < -0.4 is 11.1 Å². The van der Waals surface area contributed by atoms with Gasteiger partial charge in [0.25, 0.3) is 0 Å². The Morgan fingerprint density at radius 2 is 2.16 bits per heavy atom. The van der Waals surface area contributed by atoms with Crippen LogP contribution in [0.5, 0.6) is 0 Å². The molecule has 0 saturated heterocycles. The largest absolute Gasteiger partial charge is 0.370 e. The monoisotopic (exact) mass is 433 g/mol. The molecule has 0 spiro atoms. The van der Waals surface area contributed by atoms with Crippen molar-refractivity contribution in [2.24, 2.45) is 10.7 Å². The van der Waals surface area contributed by atoms with Gasteiger partial charge < -0.3 is 11.1 Å². The molecule has 0 heterocycles. The van der Waals surface area contributed by atoms with Gasteiger partial charge >= 0.3 is 0 Å². The number of thioether (sulfide) groups is 1. The molecular weight excluding hydrogens is 416 g/mol. The lowest BCUT2D eigenvalue weighted by molar-refractivity contribution is 0.709. The van der Waals surface area contributed by atoms with Crippen molar-refractivity contribution in [2.75, 3.05) is 18.6 Å². The molecule has 7 heteroatoms. The van der Waals surface area contributed by atoms with E-state index in [1.807, 2.05) is 25.3 Å². The number of rotatable bonds is 5. The Labute approximate surface area is 145 Å². The van der Waals surface area contributed by atoms with Gasteiger partial charge in [0.05, 0.1) is 12.6 Å². The number of halogens is 3. The van der Waals surface area contributed by atoms with Gasteiger partial charge in [0.2, 0.25) is 0 Å². The summed E-state index contributed by atoms with van der Waals surface area (Å²) in [5, 5.41) is 4.35. The molecule has 0 saturated carbocycles. The van der Waals surface area contributed by atoms with Crippen molar-refractivity contribution >= 4 is 64.9 Å². The first kappa shape index (κ1) is 19.1. The van der Waals surface area contributed by atoms with E-state index >= 15 is 0 Å². The van der Waals surface area contributed by atoms with Gasteiger partial charge in [-0.05, 0) is 30.9 Å². The van der Waals surface area contributed by atoms with Gasteiger partial charge in [-0.15, -0.1) is 24.0 Å². The van der Waals surface area contributed by atoms with Gasteiger partial charge in [-0.3, -0.25) is 4.99 Å². The second kappa shape index (κ2) is 9.96. The van der Waals surface area contributed by atoms with Crippen molar-refractivity contribution in [2.45, 2.75) is 13.0 Å². The molecule has 0 aliphatic carbocycles. The van der Waals surface area contributed by atoms with E-state index in [1.54, 1.807) is 17.8 Å². The fourth-order valence-electron chi connectivity index (χ4n) is 1.46. The molecule has 108 valence electrons. The van der Waals surface area contributed by atoms with Crippen molar-refractivity contribution in [3.63, 3.8) is 0 Å². The minimum Gasteiger partial charge on any atom is -0.370 e. The standard InChI is InChI=1S/C12H17Cl2N3S.HI/c1-8(17-12(15)16-5-6-18-2)10-4-3-9(13)7-11(10)14;/h3-4,7-8H,5-6H2,1-2H3,(H3,15,16,17);1H. The van der Waals surface area contributed by atoms with Crippen LogP contribution in [0.15, 0.2) is 23.2 Å². The van der Waals surface area contributed by atoms with Crippen LogP contribution in [0.1, 0.15) is 18.5 Å². The number of guanidine groups is 1. The highest BCUT2D eigenvalue weighted by atomic mass is 127. The molecule has 0 bridgehead atoms. The van der Waals surface area contributed by atoms with Gasteiger partial charge in [-0.25, -0.2) is 0 Å². The number of nitrogens with zero attached hydrogens (tertiary/aromatic N) is 1. The van der Waals surface area contributed by atoms with Gasteiger partial charge in [0.15, 0.2) is 5.96 Å². The lowest BCUT2D eigenvalue weighted by atomic mass is 10.1. The van der Waals surface area contributed by atoms with E-state index in [1.165, 1.54) is 0 Å². The predicted octanol–water partition coefficient (Wildman–Crippen LogP) is 3.94. The maximum Gasteiger partial charge on any atom is 0.189 e. The van der Waals surface area contributed by atoms with Gasteiger partial charge in [-0.2, -0.15) is 11.8 Å². The van der Waals surface area contributed by atoms with Crippen LogP contribution in [-0.2, 0) is 0 Å². The Hall–Kier alpha value is 0.150. The molecule has 1 aromatic rings. The highest BCUT2D eigenvalue weighted by Gasteiger charge is 2.10. The molecule has 1 rings (SSSR count). The first-order valence-electron chi connectivity index (χ1n) is 5.55. The number of aliphatic imine (C=N–C) groups is 1. The van der Waals surface area contributed by atoms with Crippen molar-refractivity contribution in [1.29, 1.82) is 0 Å². The molecule has 1 aromatic carbocycles. The van der Waals surface area contributed by atoms with E-state index in [4.69, 9.17) is 28.9 Å². The van der Waals surface area contributed by atoms with E-state index in [2.05, 4.69) is 10.3 Å². The van der Waals surface area contributed by atoms with Gasteiger partial charge in [-0.1, -0.05) is 29.3 Å². The minimum atomic E-state index is -0.00667. The molecule has 1 unspecified atom stereocenters. The zero-order valence-corrected chi connectivity index (χ0v) is 15.5. The second-order valence-corrected chi connectivity index (χ2v) is 5.62. The van der Waals surface area contributed by atoms with E-state index in [0.29, 0.717) is 22.5 Å². The number of nitrogens with two attached hydrogens (primary N) is 1. The zero-order chi connectivity index (χ0) is 13.5. The highest BCUT2D eigenvalue weighted by Crippen LogP contribution is 2.25. The first-order chi connectivity index (χ1) is 8.54. The summed E-state index contributed by atoms with van der Waals surface area (Å²) in [4.78, 5) is 4.22. The summed E-state index contributed by atoms with van der Waals surface area (Å²) in [6.07, 6.45) is 2.04. The van der Waals surface area contributed by atoms with E-state index < -0.39 is 0 Å². The minimum absolute atomic E-state index is 0. The fourth-order valence-corrected chi connectivity index (χ4v) is 2.30. The van der Waals surface area contributed by atoms with Crippen LogP contribution in [0, 0.1) is 0 Å². The molecule has 3 N–H and O–H groups in total. The average Bonchev–Trinajstić information content (AvgIpc) is 2.28. The topological polar surface area (TPSA) is 50.4 Å². The summed E-state index contributed by atoms with van der Waals surface area (Å²) in [7, 11) is 0. The van der Waals surface area contributed by atoms with Crippen LogP contribution >= 0.6 is 58.9 Å². The Morgan fingerprint density at radius 1 is 1.47 bits per heavy atom. The summed E-state index contributed by atoms with van der Waals surface area (Å²) in [6, 6.07) is 5.41. The van der Waals surface area contributed by atoms with Gasteiger partial charge in [0.1, 0.15) is 0 Å². The summed E-state index contributed by atoms with van der Waals surface area (Å²) in [6.45, 7) is 2.69. The Morgan fingerprint density at radius 3 is 2.74 bits per heavy atom. The molecule has 3 nitrogen and oxygen atoms in total. The van der Waals surface area contributed by atoms with Crippen molar-refractivity contribution in [3.8, 4) is 0 Å². The second-order valence-electron chi connectivity index (χ2n) is 3.79. The number of hydrogen-bond acceptors (Lipinski definition) is 2. The third-order valence-corrected chi connectivity index (χ3v) is 3.52. The Bertz CT molecular complexity index is 429. The summed E-state index contributed by atoms with van der Waals surface area (Å²) in [5.41, 5.74) is 6.74. The Balaban J connectivity index is 0.00000324. The number of nitrogens with one attached hydrogen (secondary N) is 1. The highest BCUT2D eigenvalue weighted by molar-refractivity contribution is 14.0. The van der Waals surface area contributed by atoms with Crippen LogP contribution in [0.2, 0.25) is 10.0 Å². The maximum absolute atomic E-state index is 6.13. The van der Waals surface area contributed by atoms with E-state index in [-0.39, 0.29) is 30.0 Å². The molecular formula is C12H18Cl2IN3S. The predicted molar refractivity (Wildman–Crippen MR) is 98.3 cm³/mol. The SMILES string of the molecule is CSCCN=C(N)NC(C)c1ccc(Cl)cc1Cl.I. The average molecular weight is 434 g/mol. The van der Waals surface area contributed by atoms with Crippen molar-refractivity contribution in [1.82, 2.24) is 5.32 Å². The third kappa shape index (κ3) is 6.92. The van der Waals surface area contributed by atoms with E-state index in [0.717, 1.165) is 11.3 Å². The summed E-state index contributed by atoms with van der Waals surface area (Å²) < 4.78 is 0. The normalized spacial score (nSPS) is 12.7. The number of benzene rings is 1. The zero-order valence-electron chi connectivity index (χ0n) is 10.8. The van der Waals surface area contributed by atoms with E-state index in [9.17, 15) is 0 Å². The maximum atomic E-state index is 6.13. The molecule has 1 atom stereocenters. The fraction of sp³-hybridized carbons (Fsp3) is 0.417.